The van der Waals surface area contributed by atoms with E-state index in [1.807, 2.05) is 20.8 Å². The summed E-state index contributed by atoms with van der Waals surface area (Å²) in [5.74, 6) is -0.977. The van der Waals surface area contributed by atoms with Gasteiger partial charge in [0.15, 0.2) is 0 Å². The predicted octanol–water partition coefficient (Wildman–Crippen LogP) is 0.514. The van der Waals surface area contributed by atoms with Gasteiger partial charge in [-0.3, -0.25) is 0 Å². The molecule has 6 nitrogen and oxygen atoms in total. The third kappa shape index (κ3) is 4.46. The molecule has 1 radical (unpaired) electrons. The van der Waals surface area contributed by atoms with Crippen LogP contribution in [0.3, 0.4) is 0 Å². The fourth-order valence-electron chi connectivity index (χ4n) is 2.53. The number of nitrogens with one attached hydrogen (secondary N) is 1. The van der Waals surface area contributed by atoms with Crippen molar-refractivity contribution in [2.24, 2.45) is 11.8 Å². The standard InChI is InChI=1S/C15H25N2O4Se/c1-9(2)12(15(20)21-4)16-13(18)11-6-5-7-17(11)14(19)10(3)8-22/h9-12H,5-8H2,1-4H3,(H,16,18)/t10-,11+,12+/m1/s1. The monoisotopic (exact) mass is 377 g/mol. The van der Waals surface area contributed by atoms with Crippen molar-refractivity contribution in [3.8, 4) is 0 Å². The number of carbonyl (C=O) groups excluding carboxylic acids is 3. The van der Waals surface area contributed by atoms with Crippen molar-refractivity contribution < 1.29 is 19.1 Å². The molecule has 1 heterocycles. The van der Waals surface area contributed by atoms with Crippen molar-refractivity contribution in [1.29, 1.82) is 0 Å². The molecule has 125 valence electrons. The van der Waals surface area contributed by atoms with Gasteiger partial charge in [-0.1, -0.05) is 0 Å². The Morgan fingerprint density at radius 1 is 1.32 bits per heavy atom. The SMILES string of the molecule is COC(=O)[C@@H](NC(=O)[C@@H]1CCCN1C(=O)[C@H](C)C[Se])C(C)C. The predicted molar refractivity (Wildman–Crippen MR) is 83.2 cm³/mol. The summed E-state index contributed by atoms with van der Waals surface area (Å²) in [6.45, 7) is 6.12. The van der Waals surface area contributed by atoms with Gasteiger partial charge >= 0.3 is 140 Å². The van der Waals surface area contributed by atoms with Gasteiger partial charge in [-0.05, 0) is 0 Å². The molecule has 2 amide bonds. The average molecular weight is 376 g/mol. The normalized spacial score (nSPS) is 20.6. The molecule has 1 fully saturated rings. The number of ether oxygens (including phenoxy) is 1. The number of likely N-dealkylation sites (tertiary alicyclic amines) is 1. The molecule has 1 N–H and O–H groups in total. The van der Waals surface area contributed by atoms with E-state index in [1.54, 1.807) is 4.90 Å². The molecule has 1 saturated heterocycles. The van der Waals surface area contributed by atoms with Gasteiger partial charge in [-0.2, -0.15) is 0 Å². The molecule has 0 aromatic carbocycles. The van der Waals surface area contributed by atoms with E-state index in [0.29, 0.717) is 18.3 Å². The maximum absolute atomic E-state index is 12.5. The molecule has 22 heavy (non-hydrogen) atoms. The minimum atomic E-state index is -0.688. The molecular formula is C15H25N2O4Se. The fraction of sp³-hybridized carbons (Fsp3) is 0.800. The first-order valence-electron chi connectivity index (χ1n) is 7.60. The molecule has 0 aromatic rings. The first-order chi connectivity index (χ1) is 10.3. The Morgan fingerprint density at radius 3 is 2.45 bits per heavy atom. The molecule has 7 heteroatoms. The first kappa shape index (κ1) is 19.0. The van der Waals surface area contributed by atoms with Gasteiger partial charge in [0, 0.05) is 0 Å². The van der Waals surface area contributed by atoms with Crippen LogP contribution in [0.25, 0.3) is 0 Å². The van der Waals surface area contributed by atoms with E-state index in [9.17, 15) is 14.4 Å². The van der Waals surface area contributed by atoms with Gasteiger partial charge in [-0.15, -0.1) is 0 Å². The summed E-state index contributed by atoms with van der Waals surface area (Å²) < 4.78 is 4.73. The number of methoxy groups -OCH3 is 1. The van der Waals surface area contributed by atoms with Crippen LogP contribution in [-0.4, -0.2) is 64.4 Å². The topological polar surface area (TPSA) is 75.7 Å². The van der Waals surface area contributed by atoms with Crippen LogP contribution in [0.4, 0.5) is 0 Å². The third-order valence-corrected chi connectivity index (χ3v) is 4.98. The van der Waals surface area contributed by atoms with Crippen molar-refractivity contribution in [2.75, 3.05) is 13.7 Å². The average Bonchev–Trinajstić information content (AvgIpc) is 2.99. The van der Waals surface area contributed by atoms with Gasteiger partial charge in [0.1, 0.15) is 0 Å². The molecule has 1 rings (SSSR count). The first-order valence-corrected chi connectivity index (χ1v) is 8.81. The van der Waals surface area contributed by atoms with Crippen LogP contribution >= 0.6 is 0 Å². The molecule has 0 spiro atoms. The van der Waals surface area contributed by atoms with Gasteiger partial charge in [-0.25, -0.2) is 0 Å². The molecule has 1 aliphatic rings. The summed E-state index contributed by atoms with van der Waals surface area (Å²) in [4.78, 5) is 38.2. The second-order valence-corrected chi connectivity index (χ2v) is 6.71. The van der Waals surface area contributed by atoms with Crippen molar-refractivity contribution in [3.63, 3.8) is 0 Å². The number of carbonyl (C=O) groups is 3. The summed E-state index contributed by atoms with van der Waals surface area (Å²) in [5, 5.41) is 3.36. The maximum atomic E-state index is 12.5. The fourth-order valence-corrected chi connectivity index (χ4v) is 2.83. The second-order valence-electron chi connectivity index (χ2n) is 6.01. The third-order valence-electron chi connectivity index (χ3n) is 3.93. The summed E-state index contributed by atoms with van der Waals surface area (Å²) in [6, 6.07) is -1.18. The quantitative estimate of drug-likeness (QED) is 0.542. The summed E-state index contributed by atoms with van der Waals surface area (Å²) in [7, 11) is 1.30. The molecule has 3 atom stereocenters. The van der Waals surface area contributed by atoms with Crippen LogP contribution in [0.1, 0.15) is 33.6 Å². The summed E-state index contributed by atoms with van der Waals surface area (Å²) in [6.07, 6.45) is 1.43. The van der Waals surface area contributed by atoms with E-state index in [-0.39, 0.29) is 23.7 Å². The van der Waals surface area contributed by atoms with E-state index >= 15 is 0 Å². The van der Waals surface area contributed by atoms with Gasteiger partial charge < -0.3 is 0 Å². The molecule has 0 aromatic heterocycles. The van der Waals surface area contributed by atoms with E-state index in [2.05, 4.69) is 21.3 Å². The number of rotatable bonds is 6. The Bertz CT molecular complexity index is 428. The van der Waals surface area contributed by atoms with Gasteiger partial charge in [0.05, 0.1) is 0 Å². The molecule has 0 aliphatic carbocycles. The van der Waals surface area contributed by atoms with Crippen LogP contribution in [0.5, 0.6) is 0 Å². The van der Waals surface area contributed by atoms with Crippen molar-refractivity contribution in [3.05, 3.63) is 0 Å². The van der Waals surface area contributed by atoms with E-state index in [1.165, 1.54) is 7.11 Å². The molecule has 0 bridgehead atoms. The van der Waals surface area contributed by atoms with Crippen LogP contribution in [0.2, 0.25) is 5.32 Å². The number of hydrogen-bond acceptors (Lipinski definition) is 4. The molecular weight excluding hydrogens is 351 g/mol. The van der Waals surface area contributed by atoms with Crippen molar-refractivity contribution in [1.82, 2.24) is 10.2 Å². The van der Waals surface area contributed by atoms with Crippen LogP contribution in [0, 0.1) is 11.8 Å². The number of nitrogens with zero attached hydrogens (tertiary/aromatic N) is 1. The number of hydrogen-bond donors (Lipinski definition) is 1. The second kappa shape index (κ2) is 8.53. The molecule has 0 unspecified atom stereocenters. The Labute approximate surface area is 140 Å². The van der Waals surface area contributed by atoms with Gasteiger partial charge in [0.2, 0.25) is 0 Å². The number of amides is 2. The van der Waals surface area contributed by atoms with Gasteiger partial charge in [0.25, 0.3) is 0 Å². The van der Waals surface area contributed by atoms with Crippen molar-refractivity contribution in [2.45, 2.75) is 51.0 Å². The van der Waals surface area contributed by atoms with Crippen LogP contribution < -0.4 is 5.32 Å². The summed E-state index contributed by atoms with van der Waals surface area (Å²) in [5.41, 5.74) is 0. The van der Waals surface area contributed by atoms with Crippen molar-refractivity contribution >= 4 is 33.8 Å². The minimum absolute atomic E-state index is 0.0180. The Morgan fingerprint density at radius 2 is 1.95 bits per heavy atom. The Hall–Kier alpha value is -1.07. The number of esters is 1. The molecule has 1 aliphatic heterocycles. The zero-order valence-corrected chi connectivity index (χ0v) is 15.3. The zero-order valence-electron chi connectivity index (χ0n) is 13.6. The van der Waals surface area contributed by atoms with Crippen LogP contribution in [0.15, 0.2) is 0 Å². The Balaban J connectivity index is 2.78. The van der Waals surface area contributed by atoms with E-state index in [0.717, 1.165) is 6.42 Å². The zero-order chi connectivity index (χ0) is 16.9. The Kier molecular flexibility index (Phi) is 7.36. The van der Waals surface area contributed by atoms with E-state index in [4.69, 9.17) is 4.74 Å². The van der Waals surface area contributed by atoms with Crippen LogP contribution in [-0.2, 0) is 19.1 Å². The summed E-state index contributed by atoms with van der Waals surface area (Å²) >= 11 is 2.85. The molecule has 0 saturated carbocycles. The van der Waals surface area contributed by atoms with E-state index < -0.39 is 18.1 Å².